The van der Waals surface area contributed by atoms with Gasteiger partial charge in [0.25, 0.3) is 0 Å². The zero-order valence-electron chi connectivity index (χ0n) is 15.7. The van der Waals surface area contributed by atoms with E-state index in [1.165, 1.54) is 6.92 Å². The summed E-state index contributed by atoms with van der Waals surface area (Å²) in [6, 6.07) is 0. The Kier molecular flexibility index (Phi) is 5.00. The van der Waals surface area contributed by atoms with Crippen molar-refractivity contribution >= 4 is 5.97 Å². The van der Waals surface area contributed by atoms with Crippen molar-refractivity contribution in [1.82, 2.24) is 0 Å². The van der Waals surface area contributed by atoms with Gasteiger partial charge in [0.1, 0.15) is 12.7 Å². The molecule has 3 fully saturated rings. The molecule has 0 bridgehead atoms. The molecule has 0 aromatic carbocycles. The molecule has 2 saturated carbocycles. The molecule has 27 heavy (non-hydrogen) atoms. The molecule has 1 saturated heterocycles. The molecular weight excluding hydrogens is 361 g/mol. The van der Waals surface area contributed by atoms with E-state index >= 15 is 0 Å². The summed E-state index contributed by atoms with van der Waals surface area (Å²) < 4.78 is 45.4. The summed E-state index contributed by atoms with van der Waals surface area (Å²) in [5.74, 6) is -1.87. The van der Waals surface area contributed by atoms with Crippen molar-refractivity contribution in [3.05, 3.63) is 23.8 Å². The van der Waals surface area contributed by atoms with Crippen LogP contribution in [0.25, 0.3) is 0 Å². The highest BCUT2D eigenvalue weighted by Gasteiger charge is 2.65. The highest BCUT2D eigenvalue weighted by Crippen LogP contribution is 2.62. The first-order valence-corrected chi connectivity index (χ1v) is 9.44. The van der Waals surface area contributed by atoms with E-state index in [0.717, 1.165) is 5.57 Å². The molecule has 0 radical (unpaired) electrons. The number of alkyl halides is 3. The van der Waals surface area contributed by atoms with Crippen LogP contribution in [0.3, 0.4) is 0 Å². The molecule has 6 atom stereocenters. The van der Waals surface area contributed by atoms with Crippen molar-refractivity contribution in [3.63, 3.8) is 0 Å². The molecule has 3 rings (SSSR count). The lowest BCUT2D eigenvalue weighted by Gasteiger charge is -2.58. The lowest BCUT2D eigenvalue weighted by atomic mass is 9.48. The number of halogens is 3. The van der Waals surface area contributed by atoms with Gasteiger partial charge in [-0.25, -0.2) is 4.79 Å². The molecule has 2 N–H and O–H groups in total. The number of hydrogen-bond donors (Lipinski definition) is 2. The van der Waals surface area contributed by atoms with Gasteiger partial charge in [-0.05, 0) is 55.3 Å². The molecule has 152 valence electrons. The molecule has 0 amide bonds. The highest BCUT2D eigenvalue weighted by atomic mass is 19.4. The first kappa shape index (κ1) is 20.4. The van der Waals surface area contributed by atoms with Crippen LogP contribution >= 0.6 is 0 Å². The van der Waals surface area contributed by atoms with Gasteiger partial charge in [-0.1, -0.05) is 32.1 Å². The van der Waals surface area contributed by atoms with Gasteiger partial charge in [0.15, 0.2) is 5.60 Å². The molecule has 1 heterocycles. The Balaban J connectivity index is 1.88. The lowest BCUT2D eigenvalue weighted by Crippen LogP contribution is -2.61. The molecule has 3 aliphatic rings. The fraction of sp³-hybridized carbons (Fsp3) is 0.750. The van der Waals surface area contributed by atoms with Crippen molar-refractivity contribution in [2.75, 3.05) is 6.61 Å². The SMILES string of the molecule is C=C1CC[C@@H]2[C@@H](C)[C@@](O)(C(F)(F)F)CC[C@@]2(C)[C@@H]1CC=C1C(=O)OCC1O. The van der Waals surface area contributed by atoms with E-state index in [1.807, 2.05) is 6.92 Å². The average Bonchev–Trinajstić information content (AvgIpc) is 2.89. The van der Waals surface area contributed by atoms with E-state index in [2.05, 4.69) is 6.58 Å². The van der Waals surface area contributed by atoms with E-state index in [-0.39, 0.29) is 36.9 Å². The Hall–Kier alpha value is -1.34. The molecule has 2 aliphatic carbocycles. The van der Waals surface area contributed by atoms with Crippen LogP contribution in [0.4, 0.5) is 13.2 Å². The van der Waals surface area contributed by atoms with E-state index in [4.69, 9.17) is 4.74 Å². The number of cyclic esters (lactones) is 1. The number of fused-ring (bicyclic) bond motifs is 1. The maximum absolute atomic E-state index is 13.5. The standard InChI is InChI=1S/C20H27F3O4/c1-11-4-6-15-12(2)19(26,20(21,22)23)9-8-18(15,3)14(11)7-5-13-16(24)10-27-17(13)25/h5,12,14-16,24,26H,1,4,6-10H2,2-3H3/t12-,14-,15-,16?,18+,19-/m1/s1. The van der Waals surface area contributed by atoms with Crippen molar-refractivity contribution in [1.29, 1.82) is 0 Å². The minimum Gasteiger partial charge on any atom is -0.459 e. The second-order valence-electron chi connectivity index (χ2n) is 8.58. The normalized spacial score (nSPS) is 44.3. The Morgan fingerprint density at radius 3 is 2.59 bits per heavy atom. The number of aliphatic hydroxyl groups excluding tert-OH is 1. The fourth-order valence-electron chi connectivity index (χ4n) is 5.53. The smallest absolute Gasteiger partial charge is 0.417 e. The predicted octanol–water partition coefficient (Wildman–Crippen LogP) is 3.53. The molecule has 0 aromatic rings. The fourth-order valence-corrected chi connectivity index (χ4v) is 5.53. The number of aliphatic hydroxyl groups is 2. The summed E-state index contributed by atoms with van der Waals surface area (Å²) in [7, 11) is 0. The van der Waals surface area contributed by atoms with Crippen molar-refractivity contribution in [2.24, 2.45) is 23.2 Å². The number of esters is 1. The van der Waals surface area contributed by atoms with E-state index < -0.39 is 35.2 Å². The van der Waals surface area contributed by atoms with Crippen LogP contribution in [-0.4, -0.2) is 40.7 Å². The molecule has 1 aliphatic heterocycles. The first-order valence-electron chi connectivity index (χ1n) is 9.44. The van der Waals surface area contributed by atoms with E-state index in [1.54, 1.807) is 6.08 Å². The van der Waals surface area contributed by atoms with Gasteiger partial charge in [0.2, 0.25) is 0 Å². The zero-order valence-corrected chi connectivity index (χ0v) is 15.7. The number of rotatable bonds is 2. The average molecular weight is 388 g/mol. The number of ether oxygens (including phenoxy) is 1. The Morgan fingerprint density at radius 1 is 1.37 bits per heavy atom. The number of carbonyl (C=O) groups excluding carboxylic acids is 1. The van der Waals surface area contributed by atoms with Gasteiger partial charge in [0, 0.05) is 0 Å². The molecular formula is C20H27F3O4. The topological polar surface area (TPSA) is 66.8 Å². The third-order valence-corrected chi connectivity index (χ3v) is 7.35. The quantitative estimate of drug-likeness (QED) is 0.431. The maximum atomic E-state index is 13.5. The Labute approximate surface area is 157 Å². The Bertz CT molecular complexity index is 671. The molecule has 7 heteroatoms. The number of hydrogen-bond acceptors (Lipinski definition) is 4. The summed E-state index contributed by atoms with van der Waals surface area (Å²) in [4.78, 5) is 11.7. The second kappa shape index (κ2) is 6.62. The van der Waals surface area contributed by atoms with E-state index in [0.29, 0.717) is 19.3 Å². The van der Waals surface area contributed by atoms with Crippen LogP contribution < -0.4 is 0 Å². The van der Waals surface area contributed by atoms with Crippen molar-refractivity contribution in [2.45, 2.75) is 63.8 Å². The summed E-state index contributed by atoms with van der Waals surface area (Å²) in [6.07, 6.45) is -2.49. The molecule has 0 aromatic heterocycles. The maximum Gasteiger partial charge on any atom is 0.417 e. The molecule has 1 unspecified atom stereocenters. The summed E-state index contributed by atoms with van der Waals surface area (Å²) in [5, 5.41) is 20.3. The van der Waals surface area contributed by atoms with E-state index in [9.17, 15) is 28.2 Å². The number of allylic oxidation sites excluding steroid dienone is 2. The van der Waals surface area contributed by atoms with Crippen LogP contribution in [0.2, 0.25) is 0 Å². The largest absolute Gasteiger partial charge is 0.459 e. The number of carbonyl (C=O) groups is 1. The van der Waals surface area contributed by atoms with Crippen LogP contribution in [0.15, 0.2) is 23.8 Å². The van der Waals surface area contributed by atoms with Gasteiger partial charge in [-0.15, -0.1) is 0 Å². The first-order chi connectivity index (χ1) is 12.4. The van der Waals surface area contributed by atoms with Gasteiger partial charge in [-0.3, -0.25) is 0 Å². The van der Waals surface area contributed by atoms with Gasteiger partial charge in [-0.2, -0.15) is 13.2 Å². The van der Waals surface area contributed by atoms with Gasteiger partial charge < -0.3 is 14.9 Å². The summed E-state index contributed by atoms with van der Waals surface area (Å²) in [6.45, 7) is 7.54. The van der Waals surface area contributed by atoms with Crippen molar-refractivity contribution < 1.29 is 32.9 Å². The molecule has 0 spiro atoms. The van der Waals surface area contributed by atoms with Gasteiger partial charge >= 0.3 is 12.1 Å². The Morgan fingerprint density at radius 2 is 2.04 bits per heavy atom. The lowest BCUT2D eigenvalue weighted by molar-refractivity contribution is -0.306. The summed E-state index contributed by atoms with van der Waals surface area (Å²) in [5.41, 5.74) is -1.94. The van der Waals surface area contributed by atoms with Crippen LogP contribution in [0.5, 0.6) is 0 Å². The van der Waals surface area contributed by atoms with Gasteiger partial charge in [0.05, 0.1) is 5.57 Å². The predicted molar refractivity (Wildman–Crippen MR) is 92.5 cm³/mol. The van der Waals surface area contributed by atoms with Crippen LogP contribution in [-0.2, 0) is 9.53 Å². The summed E-state index contributed by atoms with van der Waals surface area (Å²) >= 11 is 0. The van der Waals surface area contributed by atoms with Crippen LogP contribution in [0, 0.1) is 23.2 Å². The van der Waals surface area contributed by atoms with Crippen LogP contribution in [0.1, 0.15) is 46.0 Å². The monoisotopic (exact) mass is 388 g/mol. The second-order valence-corrected chi connectivity index (χ2v) is 8.58. The minimum atomic E-state index is -4.66. The van der Waals surface area contributed by atoms with Crippen molar-refractivity contribution in [3.8, 4) is 0 Å². The third-order valence-electron chi connectivity index (χ3n) is 7.35. The third kappa shape index (κ3) is 3.12. The molecule has 4 nitrogen and oxygen atoms in total. The minimum absolute atomic E-state index is 0.0637. The zero-order chi connectivity index (χ0) is 20.2. The highest BCUT2D eigenvalue weighted by molar-refractivity contribution is 5.91.